The van der Waals surface area contributed by atoms with E-state index in [-0.39, 0.29) is 13.1 Å². The first-order valence-electron chi connectivity index (χ1n) is 7.81. The second-order valence-electron chi connectivity index (χ2n) is 6.35. The quantitative estimate of drug-likeness (QED) is 0.604. The molecule has 0 aliphatic carbocycles. The number of pyridine rings is 1. The second kappa shape index (κ2) is 6.87. The summed E-state index contributed by atoms with van der Waals surface area (Å²) in [6.07, 6.45) is 4.33. The third-order valence-electron chi connectivity index (χ3n) is 3.60. The van der Waals surface area contributed by atoms with E-state index in [1.54, 1.807) is 0 Å². The third-order valence-corrected chi connectivity index (χ3v) is 3.60. The van der Waals surface area contributed by atoms with Crippen LogP contribution in [0.15, 0.2) is 33.8 Å². The number of halogens is 1. The van der Waals surface area contributed by atoms with Gasteiger partial charge in [0.2, 0.25) is 0 Å². The SMILES string of the molecule is CC1(C)CC(C2=NN(CC#N)C(=O)N(/N=C/c3cncc(F)c3)C2)=NO1. The highest BCUT2D eigenvalue weighted by molar-refractivity contribution is 6.44. The molecule has 0 N–H and O–H groups in total. The van der Waals surface area contributed by atoms with Crippen LogP contribution in [0.5, 0.6) is 0 Å². The van der Waals surface area contributed by atoms with Crippen molar-refractivity contribution in [2.75, 3.05) is 13.1 Å². The summed E-state index contributed by atoms with van der Waals surface area (Å²) in [6, 6.07) is 2.57. The fourth-order valence-electron chi connectivity index (χ4n) is 2.41. The van der Waals surface area contributed by atoms with Gasteiger partial charge in [-0.1, -0.05) is 5.16 Å². The van der Waals surface area contributed by atoms with Gasteiger partial charge in [-0.2, -0.15) is 20.5 Å². The van der Waals surface area contributed by atoms with Crippen LogP contribution in [0.25, 0.3) is 0 Å². The van der Waals surface area contributed by atoms with Crippen LogP contribution >= 0.6 is 0 Å². The summed E-state index contributed by atoms with van der Waals surface area (Å²) in [5.74, 6) is -0.507. The number of urea groups is 1. The molecule has 0 atom stereocenters. The first kappa shape index (κ1) is 17.5. The smallest absolute Gasteiger partial charge is 0.362 e. The van der Waals surface area contributed by atoms with E-state index in [4.69, 9.17) is 10.1 Å². The van der Waals surface area contributed by atoms with Crippen molar-refractivity contribution >= 4 is 23.7 Å². The standard InChI is InChI=1S/C16H16FN7O2/c1-16(2)6-13(22-26-16)14-10-24(15(25)23(21-14)4-3-18)20-8-11-5-12(17)9-19-7-11/h5,7-9H,4,6,10H2,1-2H3/b20-8+. The number of nitriles is 1. The van der Waals surface area contributed by atoms with Crippen molar-refractivity contribution in [3.63, 3.8) is 0 Å². The molecule has 1 aromatic heterocycles. The summed E-state index contributed by atoms with van der Waals surface area (Å²) < 4.78 is 13.2. The van der Waals surface area contributed by atoms with Gasteiger partial charge in [0.25, 0.3) is 0 Å². The van der Waals surface area contributed by atoms with Crippen LogP contribution in [-0.2, 0) is 4.84 Å². The van der Waals surface area contributed by atoms with Crippen LogP contribution in [0.3, 0.4) is 0 Å². The van der Waals surface area contributed by atoms with Crippen LogP contribution < -0.4 is 0 Å². The number of oxime groups is 1. The predicted molar refractivity (Wildman–Crippen MR) is 90.9 cm³/mol. The van der Waals surface area contributed by atoms with Crippen molar-refractivity contribution in [1.82, 2.24) is 15.0 Å². The number of hydrogen-bond donors (Lipinski definition) is 0. The van der Waals surface area contributed by atoms with Gasteiger partial charge < -0.3 is 4.84 Å². The Labute approximate surface area is 149 Å². The molecular formula is C16H16FN7O2. The summed E-state index contributed by atoms with van der Waals surface area (Å²) in [4.78, 5) is 21.5. The van der Waals surface area contributed by atoms with Crippen molar-refractivity contribution in [2.45, 2.75) is 25.9 Å². The Morgan fingerprint density at radius 3 is 2.92 bits per heavy atom. The molecule has 2 aliphatic rings. The Morgan fingerprint density at radius 2 is 2.27 bits per heavy atom. The molecule has 0 aromatic carbocycles. The Hall–Kier alpha value is -3.35. The van der Waals surface area contributed by atoms with Crippen molar-refractivity contribution in [1.29, 1.82) is 5.26 Å². The van der Waals surface area contributed by atoms with Gasteiger partial charge in [0.1, 0.15) is 29.4 Å². The van der Waals surface area contributed by atoms with Crippen molar-refractivity contribution in [2.24, 2.45) is 15.4 Å². The van der Waals surface area contributed by atoms with Crippen molar-refractivity contribution in [3.05, 3.63) is 29.8 Å². The molecule has 0 spiro atoms. The van der Waals surface area contributed by atoms with Gasteiger partial charge >= 0.3 is 6.03 Å². The van der Waals surface area contributed by atoms with Crippen LogP contribution in [0, 0.1) is 17.1 Å². The molecule has 0 saturated carbocycles. The molecule has 134 valence electrons. The van der Waals surface area contributed by atoms with Crippen molar-refractivity contribution < 1.29 is 14.0 Å². The first-order chi connectivity index (χ1) is 12.4. The molecule has 9 nitrogen and oxygen atoms in total. The molecule has 0 fully saturated rings. The van der Waals surface area contributed by atoms with Gasteiger partial charge in [-0.15, -0.1) is 0 Å². The molecular weight excluding hydrogens is 341 g/mol. The first-order valence-corrected chi connectivity index (χ1v) is 7.81. The predicted octanol–water partition coefficient (Wildman–Crippen LogP) is 1.73. The topological polar surface area (TPSA) is 107 Å². The van der Waals surface area contributed by atoms with Crippen molar-refractivity contribution in [3.8, 4) is 6.07 Å². The van der Waals surface area contributed by atoms with Crippen LogP contribution in [0.2, 0.25) is 0 Å². The minimum Gasteiger partial charge on any atom is -0.389 e. The average Bonchev–Trinajstić information content (AvgIpc) is 2.96. The third kappa shape index (κ3) is 3.83. The lowest BCUT2D eigenvalue weighted by molar-refractivity contribution is 0.0123. The number of carbonyl (C=O) groups excluding carboxylic acids is 1. The molecule has 2 aliphatic heterocycles. The van der Waals surface area contributed by atoms with Gasteiger partial charge in [0.05, 0.1) is 25.0 Å². The monoisotopic (exact) mass is 357 g/mol. The number of carbonyl (C=O) groups is 1. The highest BCUT2D eigenvalue weighted by atomic mass is 19.1. The lowest BCUT2D eigenvalue weighted by atomic mass is 10.00. The van der Waals surface area contributed by atoms with E-state index in [0.717, 1.165) is 16.2 Å². The molecule has 0 unspecified atom stereocenters. The molecule has 2 amide bonds. The minimum absolute atomic E-state index is 0.0677. The number of nitrogens with zero attached hydrogens (tertiary/aromatic N) is 7. The van der Waals surface area contributed by atoms with Gasteiger partial charge in [0.15, 0.2) is 0 Å². The number of hydrogen-bond acceptors (Lipinski definition) is 7. The van der Waals surface area contributed by atoms with E-state index in [1.165, 1.54) is 18.5 Å². The van der Waals surface area contributed by atoms with Gasteiger partial charge in [0, 0.05) is 18.2 Å². The van der Waals surface area contributed by atoms with E-state index in [9.17, 15) is 9.18 Å². The largest absolute Gasteiger partial charge is 0.389 e. The zero-order chi connectivity index (χ0) is 18.7. The fourth-order valence-corrected chi connectivity index (χ4v) is 2.41. The second-order valence-corrected chi connectivity index (χ2v) is 6.35. The zero-order valence-corrected chi connectivity index (χ0v) is 14.3. The molecule has 26 heavy (non-hydrogen) atoms. The summed E-state index contributed by atoms with van der Waals surface area (Å²) in [5.41, 5.74) is 1.02. The molecule has 3 rings (SSSR count). The van der Waals surface area contributed by atoms with E-state index >= 15 is 0 Å². The van der Waals surface area contributed by atoms with Crippen LogP contribution in [-0.4, -0.2) is 57.4 Å². The van der Waals surface area contributed by atoms with E-state index in [1.807, 2.05) is 19.9 Å². The Balaban J connectivity index is 1.83. The summed E-state index contributed by atoms with van der Waals surface area (Å²) >= 11 is 0. The van der Waals surface area contributed by atoms with Crippen LogP contribution in [0.4, 0.5) is 9.18 Å². The number of amides is 2. The molecule has 1 aromatic rings. The van der Waals surface area contributed by atoms with Crippen LogP contribution in [0.1, 0.15) is 25.8 Å². The molecule has 0 radical (unpaired) electrons. The summed E-state index contributed by atoms with van der Waals surface area (Å²) in [7, 11) is 0. The number of aromatic nitrogens is 1. The Bertz CT molecular complexity index is 856. The van der Waals surface area contributed by atoms with Gasteiger partial charge in [-0.25, -0.2) is 14.2 Å². The fraction of sp³-hybridized carbons (Fsp3) is 0.375. The normalized spacial score (nSPS) is 19.2. The van der Waals surface area contributed by atoms with E-state index in [2.05, 4.69) is 20.3 Å². The minimum atomic E-state index is -0.560. The molecule has 3 heterocycles. The Morgan fingerprint density at radius 1 is 1.46 bits per heavy atom. The Kier molecular flexibility index (Phi) is 4.62. The molecule has 10 heteroatoms. The summed E-state index contributed by atoms with van der Waals surface area (Å²) in [5, 5.41) is 23.4. The van der Waals surface area contributed by atoms with E-state index in [0.29, 0.717) is 23.4 Å². The average molecular weight is 357 g/mol. The maximum atomic E-state index is 13.2. The molecule has 0 saturated heterocycles. The number of rotatable bonds is 4. The summed E-state index contributed by atoms with van der Waals surface area (Å²) in [6.45, 7) is 3.61. The zero-order valence-electron chi connectivity index (χ0n) is 14.3. The van der Waals surface area contributed by atoms with E-state index < -0.39 is 17.4 Å². The number of hydrazone groups is 2. The molecule has 0 bridgehead atoms. The van der Waals surface area contributed by atoms with Gasteiger partial charge in [-0.05, 0) is 19.9 Å². The lowest BCUT2D eigenvalue weighted by Crippen LogP contribution is -2.47. The van der Waals surface area contributed by atoms with Gasteiger partial charge in [-0.3, -0.25) is 4.98 Å². The lowest BCUT2D eigenvalue weighted by Gasteiger charge is -2.28. The highest BCUT2D eigenvalue weighted by Gasteiger charge is 2.36. The highest BCUT2D eigenvalue weighted by Crippen LogP contribution is 2.24. The maximum Gasteiger partial charge on any atom is 0.362 e. The maximum absolute atomic E-state index is 13.2.